The molecule has 2 aromatic heterocycles. The van der Waals surface area contributed by atoms with Gasteiger partial charge in [0, 0.05) is 11.4 Å². The number of rotatable bonds is 3. The summed E-state index contributed by atoms with van der Waals surface area (Å²) < 4.78 is 0. The first-order valence-corrected chi connectivity index (χ1v) is 8.66. The quantitative estimate of drug-likeness (QED) is 0.778. The SMILES string of the molecule is C[C@H]1CCc2sc3ncnc(NCc4ccccc4)c3c2C1. The Balaban J connectivity index is 1.70. The number of hydrogen-bond donors (Lipinski definition) is 1. The molecule has 1 atom stereocenters. The van der Waals surface area contributed by atoms with Gasteiger partial charge in [-0.3, -0.25) is 0 Å². The number of nitrogens with zero attached hydrogens (tertiary/aromatic N) is 2. The number of fused-ring (bicyclic) bond motifs is 3. The molecule has 0 saturated heterocycles. The summed E-state index contributed by atoms with van der Waals surface area (Å²) in [6, 6.07) is 10.5. The van der Waals surface area contributed by atoms with Crippen LogP contribution in [0.1, 0.15) is 29.3 Å². The van der Waals surface area contributed by atoms with Crippen LogP contribution in [0.15, 0.2) is 36.7 Å². The molecular weight excluding hydrogens is 290 g/mol. The molecule has 4 heteroatoms. The Kier molecular flexibility index (Phi) is 3.54. The van der Waals surface area contributed by atoms with Crippen molar-refractivity contribution in [2.75, 3.05) is 5.32 Å². The maximum absolute atomic E-state index is 4.51. The van der Waals surface area contributed by atoms with E-state index >= 15 is 0 Å². The molecule has 0 amide bonds. The first-order valence-electron chi connectivity index (χ1n) is 7.84. The molecule has 1 aliphatic rings. The van der Waals surface area contributed by atoms with E-state index < -0.39 is 0 Å². The summed E-state index contributed by atoms with van der Waals surface area (Å²) in [6.45, 7) is 3.14. The molecule has 3 nitrogen and oxygen atoms in total. The first kappa shape index (κ1) is 13.7. The molecule has 1 N–H and O–H groups in total. The summed E-state index contributed by atoms with van der Waals surface area (Å²) in [6.07, 6.45) is 5.32. The molecule has 0 fully saturated rings. The average molecular weight is 309 g/mol. The van der Waals surface area contributed by atoms with E-state index in [4.69, 9.17) is 0 Å². The van der Waals surface area contributed by atoms with Crippen LogP contribution in [0, 0.1) is 5.92 Å². The van der Waals surface area contributed by atoms with Gasteiger partial charge in [0.05, 0.1) is 5.39 Å². The van der Waals surface area contributed by atoms with E-state index in [1.165, 1.54) is 34.2 Å². The minimum absolute atomic E-state index is 0.757. The van der Waals surface area contributed by atoms with Gasteiger partial charge in [-0.2, -0.15) is 0 Å². The van der Waals surface area contributed by atoms with Gasteiger partial charge in [-0.15, -0.1) is 11.3 Å². The summed E-state index contributed by atoms with van der Waals surface area (Å²) in [5.74, 6) is 1.74. The van der Waals surface area contributed by atoms with Crippen LogP contribution in [0.3, 0.4) is 0 Å². The molecule has 4 rings (SSSR count). The predicted octanol–water partition coefficient (Wildman–Crippen LogP) is 4.43. The Hall–Kier alpha value is -1.94. The van der Waals surface area contributed by atoms with Crippen molar-refractivity contribution >= 4 is 27.4 Å². The lowest BCUT2D eigenvalue weighted by Crippen LogP contribution is -2.10. The molecule has 1 aliphatic carbocycles. The van der Waals surface area contributed by atoms with Gasteiger partial charge in [0.15, 0.2) is 0 Å². The third-order valence-electron chi connectivity index (χ3n) is 4.39. The van der Waals surface area contributed by atoms with Crippen LogP contribution in [0.2, 0.25) is 0 Å². The summed E-state index contributed by atoms with van der Waals surface area (Å²) in [5.41, 5.74) is 2.75. The van der Waals surface area contributed by atoms with E-state index in [-0.39, 0.29) is 0 Å². The lowest BCUT2D eigenvalue weighted by Gasteiger charge is -2.18. The highest BCUT2D eigenvalue weighted by Crippen LogP contribution is 2.39. The van der Waals surface area contributed by atoms with Crippen LogP contribution in [0.25, 0.3) is 10.2 Å². The number of anilines is 1. The zero-order chi connectivity index (χ0) is 14.9. The second kappa shape index (κ2) is 5.69. The normalized spacial score (nSPS) is 17.4. The maximum Gasteiger partial charge on any atom is 0.138 e. The minimum Gasteiger partial charge on any atom is -0.365 e. The number of nitrogens with one attached hydrogen (secondary N) is 1. The van der Waals surface area contributed by atoms with Crippen LogP contribution in [-0.4, -0.2) is 9.97 Å². The molecule has 1 aromatic carbocycles. The lowest BCUT2D eigenvalue weighted by atomic mass is 9.88. The topological polar surface area (TPSA) is 37.8 Å². The number of hydrogen-bond acceptors (Lipinski definition) is 4. The van der Waals surface area contributed by atoms with Crippen molar-refractivity contribution in [3.8, 4) is 0 Å². The standard InChI is InChI=1S/C18H19N3S/c1-12-7-8-15-14(9-12)16-17(20-11-21-18(16)22-15)19-10-13-5-3-2-4-6-13/h2-6,11-12H,7-10H2,1H3,(H,19,20,21)/t12-/m0/s1. The molecule has 0 radical (unpaired) electrons. The summed E-state index contributed by atoms with van der Waals surface area (Å²) in [7, 11) is 0. The first-order chi connectivity index (χ1) is 10.8. The van der Waals surface area contributed by atoms with Gasteiger partial charge >= 0.3 is 0 Å². The van der Waals surface area contributed by atoms with Crippen molar-refractivity contribution in [2.24, 2.45) is 5.92 Å². The van der Waals surface area contributed by atoms with E-state index in [2.05, 4.69) is 46.5 Å². The zero-order valence-electron chi connectivity index (χ0n) is 12.7. The maximum atomic E-state index is 4.51. The lowest BCUT2D eigenvalue weighted by molar-refractivity contribution is 0.508. The Morgan fingerprint density at radius 3 is 2.95 bits per heavy atom. The van der Waals surface area contributed by atoms with Crippen LogP contribution in [0.5, 0.6) is 0 Å². The largest absolute Gasteiger partial charge is 0.365 e. The summed E-state index contributed by atoms with van der Waals surface area (Å²) in [4.78, 5) is 11.6. The number of aromatic nitrogens is 2. The molecule has 0 aliphatic heterocycles. The molecule has 0 unspecified atom stereocenters. The Labute approximate surface area is 134 Å². The Morgan fingerprint density at radius 1 is 1.23 bits per heavy atom. The smallest absolute Gasteiger partial charge is 0.138 e. The Morgan fingerprint density at radius 2 is 2.09 bits per heavy atom. The second-order valence-electron chi connectivity index (χ2n) is 6.09. The summed E-state index contributed by atoms with van der Waals surface area (Å²) in [5, 5.41) is 4.77. The van der Waals surface area contributed by atoms with E-state index in [1.54, 1.807) is 6.33 Å². The Bertz CT molecular complexity index is 795. The fourth-order valence-corrected chi connectivity index (χ4v) is 4.38. The third-order valence-corrected chi connectivity index (χ3v) is 5.59. The molecule has 0 saturated carbocycles. The molecule has 0 spiro atoms. The monoisotopic (exact) mass is 309 g/mol. The van der Waals surface area contributed by atoms with Gasteiger partial charge in [-0.1, -0.05) is 37.3 Å². The predicted molar refractivity (Wildman–Crippen MR) is 92.4 cm³/mol. The van der Waals surface area contributed by atoms with E-state index in [0.29, 0.717) is 0 Å². The van der Waals surface area contributed by atoms with Crippen LogP contribution < -0.4 is 5.32 Å². The van der Waals surface area contributed by atoms with Crippen LogP contribution in [0.4, 0.5) is 5.82 Å². The number of thiophene rings is 1. The van der Waals surface area contributed by atoms with Crippen molar-refractivity contribution in [3.05, 3.63) is 52.7 Å². The molecule has 112 valence electrons. The average Bonchev–Trinajstić information content (AvgIpc) is 2.92. The van der Waals surface area contributed by atoms with Crippen molar-refractivity contribution in [1.29, 1.82) is 0 Å². The third kappa shape index (κ3) is 2.48. The van der Waals surface area contributed by atoms with E-state index in [0.717, 1.165) is 29.5 Å². The number of aryl methyl sites for hydroxylation is 1. The molecular formula is C18H19N3S. The van der Waals surface area contributed by atoms with Gasteiger partial charge in [-0.05, 0) is 36.3 Å². The highest BCUT2D eigenvalue weighted by Gasteiger charge is 2.23. The van der Waals surface area contributed by atoms with E-state index in [1.807, 2.05) is 17.4 Å². The molecule has 3 aromatic rings. The van der Waals surface area contributed by atoms with Crippen molar-refractivity contribution in [3.63, 3.8) is 0 Å². The van der Waals surface area contributed by atoms with Crippen molar-refractivity contribution in [2.45, 2.75) is 32.7 Å². The highest BCUT2D eigenvalue weighted by molar-refractivity contribution is 7.19. The molecule has 22 heavy (non-hydrogen) atoms. The van der Waals surface area contributed by atoms with Gasteiger partial charge < -0.3 is 5.32 Å². The molecule has 0 bridgehead atoms. The van der Waals surface area contributed by atoms with Crippen LogP contribution in [-0.2, 0) is 19.4 Å². The highest BCUT2D eigenvalue weighted by atomic mass is 32.1. The zero-order valence-corrected chi connectivity index (χ0v) is 13.5. The van der Waals surface area contributed by atoms with Gasteiger partial charge in [0.25, 0.3) is 0 Å². The van der Waals surface area contributed by atoms with Crippen molar-refractivity contribution < 1.29 is 0 Å². The molecule has 2 heterocycles. The van der Waals surface area contributed by atoms with Gasteiger partial charge in [-0.25, -0.2) is 9.97 Å². The van der Waals surface area contributed by atoms with Gasteiger partial charge in [0.1, 0.15) is 17.0 Å². The van der Waals surface area contributed by atoms with Gasteiger partial charge in [0.2, 0.25) is 0 Å². The van der Waals surface area contributed by atoms with Crippen LogP contribution >= 0.6 is 11.3 Å². The fraction of sp³-hybridized carbons (Fsp3) is 0.333. The minimum atomic E-state index is 0.757. The van der Waals surface area contributed by atoms with E-state index in [9.17, 15) is 0 Å². The second-order valence-corrected chi connectivity index (χ2v) is 7.18. The van der Waals surface area contributed by atoms with Crippen molar-refractivity contribution in [1.82, 2.24) is 9.97 Å². The fourth-order valence-electron chi connectivity index (χ4n) is 3.20. The number of benzene rings is 1. The summed E-state index contributed by atoms with van der Waals surface area (Å²) >= 11 is 1.85.